The molecule has 0 saturated carbocycles. The fourth-order valence-electron chi connectivity index (χ4n) is 1.04. The molecule has 0 saturated heterocycles. The van der Waals surface area contributed by atoms with E-state index in [1.807, 2.05) is 0 Å². The van der Waals surface area contributed by atoms with Gasteiger partial charge in [0.15, 0.2) is 5.69 Å². The maximum absolute atomic E-state index is 12.5. The number of hydrogen-bond donors (Lipinski definition) is 1. The number of alkyl halides is 2. The van der Waals surface area contributed by atoms with E-state index in [4.69, 9.17) is 22.6 Å². The van der Waals surface area contributed by atoms with E-state index >= 15 is 0 Å². The highest BCUT2D eigenvalue weighted by Crippen LogP contribution is 2.27. The van der Waals surface area contributed by atoms with Gasteiger partial charge < -0.3 is 5.73 Å². The van der Waals surface area contributed by atoms with Crippen LogP contribution >= 0.6 is 11.6 Å². The predicted octanol–water partition coefficient (Wildman–Crippen LogP) is 1.85. The third-order valence-corrected chi connectivity index (χ3v) is 1.82. The number of nitrogens with zero attached hydrogens (tertiary/aromatic N) is 2. The molecule has 1 rings (SSSR count). The van der Waals surface area contributed by atoms with Crippen LogP contribution in [0, 0.1) is 11.3 Å². The van der Waals surface area contributed by atoms with Crippen LogP contribution in [0.25, 0.3) is 0 Å². The van der Waals surface area contributed by atoms with Crippen molar-refractivity contribution in [3.63, 3.8) is 0 Å². The maximum atomic E-state index is 12.5. The molecule has 78 valence electrons. The molecule has 2 N–H and O–H groups in total. The molecule has 0 atom stereocenters. The van der Waals surface area contributed by atoms with E-state index in [-0.39, 0.29) is 5.82 Å². The molecule has 0 amide bonds. The summed E-state index contributed by atoms with van der Waals surface area (Å²) in [5.41, 5.74) is 3.36. The van der Waals surface area contributed by atoms with Crippen LogP contribution in [0.3, 0.4) is 0 Å². The molecule has 1 aromatic heterocycles. The summed E-state index contributed by atoms with van der Waals surface area (Å²) in [7, 11) is 0. The number of nitriles is 1. The number of nitrogen functional groups attached to an aromatic ring is 1. The van der Waals surface area contributed by atoms with E-state index in [9.17, 15) is 13.6 Å². The van der Waals surface area contributed by atoms with E-state index < -0.39 is 28.5 Å². The van der Waals surface area contributed by atoms with Gasteiger partial charge in [0, 0.05) is 5.56 Å². The number of anilines is 1. The van der Waals surface area contributed by atoms with Crippen molar-refractivity contribution in [1.82, 2.24) is 4.98 Å². The van der Waals surface area contributed by atoms with Crippen LogP contribution in [0.2, 0.25) is 0 Å². The molecule has 4 nitrogen and oxygen atoms in total. The zero-order chi connectivity index (χ0) is 11.6. The van der Waals surface area contributed by atoms with Gasteiger partial charge in [-0.1, -0.05) is 0 Å². The van der Waals surface area contributed by atoms with Gasteiger partial charge in [0.2, 0.25) is 0 Å². The molecule has 1 aromatic rings. The first kappa shape index (κ1) is 11.3. The molecule has 0 bridgehead atoms. The van der Waals surface area contributed by atoms with Crippen LogP contribution in [0.15, 0.2) is 6.07 Å². The summed E-state index contributed by atoms with van der Waals surface area (Å²) >= 11 is 5.09. The van der Waals surface area contributed by atoms with Crippen LogP contribution in [-0.4, -0.2) is 10.2 Å². The fraction of sp³-hybridized carbons (Fsp3) is 0.125. The summed E-state index contributed by atoms with van der Waals surface area (Å²) < 4.78 is 25.0. The van der Waals surface area contributed by atoms with E-state index in [0.29, 0.717) is 0 Å². The maximum Gasteiger partial charge on any atom is 0.267 e. The largest absolute Gasteiger partial charge is 0.384 e. The highest BCUT2D eigenvalue weighted by Gasteiger charge is 2.23. The second kappa shape index (κ2) is 4.19. The van der Waals surface area contributed by atoms with E-state index in [1.54, 1.807) is 0 Å². The van der Waals surface area contributed by atoms with Gasteiger partial charge in [-0.25, -0.2) is 13.8 Å². The summed E-state index contributed by atoms with van der Waals surface area (Å²) in [6.45, 7) is 0. The second-order valence-electron chi connectivity index (χ2n) is 2.54. The number of halogens is 3. The molecule has 0 fully saturated rings. The number of nitrogens with two attached hydrogens (primary N) is 1. The Labute approximate surface area is 88.3 Å². The highest BCUT2D eigenvalue weighted by atomic mass is 35.5. The van der Waals surface area contributed by atoms with Crippen LogP contribution in [-0.2, 0) is 0 Å². The zero-order valence-corrected chi connectivity index (χ0v) is 7.92. The lowest BCUT2D eigenvalue weighted by Crippen LogP contribution is -2.06. The number of carbonyl (C=O) groups excluding carboxylic acids is 1. The van der Waals surface area contributed by atoms with Gasteiger partial charge in [-0.15, -0.1) is 0 Å². The zero-order valence-electron chi connectivity index (χ0n) is 7.17. The SMILES string of the molecule is N#Cc1nc(N)cc(C(=O)Cl)c1C(F)F. The van der Waals surface area contributed by atoms with E-state index in [0.717, 1.165) is 6.07 Å². The predicted molar refractivity (Wildman–Crippen MR) is 48.5 cm³/mol. The van der Waals surface area contributed by atoms with Crippen molar-refractivity contribution in [3.05, 3.63) is 22.9 Å². The summed E-state index contributed by atoms with van der Waals surface area (Å²) in [6.07, 6.45) is -3.01. The van der Waals surface area contributed by atoms with Crippen molar-refractivity contribution in [2.75, 3.05) is 5.73 Å². The first-order valence-electron chi connectivity index (χ1n) is 3.66. The van der Waals surface area contributed by atoms with Crippen molar-refractivity contribution in [2.24, 2.45) is 0 Å². The summed E-state index contributed by atoms with van der Waals surface area (Å²) in [4.78, 5) is 14.2. The Kier molecular flexibility index (Phi) is 3.17. The van der Waals surface area contributed by atoms with Gasteiger partial charge in [0.25, 0.3) is 11.7 Å². The molecule has 0 aromatic carbocycles. The Morgan fingerprint density at radius 1 is 1.67 bits per heavy atom. The van der Waals surface area contributed by atoms with Crippen LogP contribution in [0.4, 0.5) is 14.6 Å². The molecule has 0 radical (unpaired) electrons. The van der Waals surface area contributed by atoms with Gasteiger partial charge in [-0.2, -0.15) is 5.26 Å². The van der Waals surface area contributed by atoms with Crippen LogP contribution in [0.5, 0.6) is 0 Å². The molecule has 0 aliphatic heterocycles. The molecule has 7 heteroatoms. The summed E-state index contributed by atoms with van der Waals surface area (Å²) in [5, 5.41) is 7.44. The molecule has 0 aliphatic rings. The second-order valence-corrected chi connectivity index (χ2v) is 2.89. The number of hydrogen-bond acceptors (Lipinski definition) is 4. The van der Waals surface area contributed by atoms with Crippen LogP contribution < -0.4 is 5.73 Å². The van der Waals surface area contributed by atoms with E-state index in [1.165, 1.54) is 6.07 Å². The minimum atomic E-state index is -3.01. The molecule has 0 unspecified atom stereocenters. The quantitative estimate of drug-likeness (QED) is 0.788. The Bertz CT molecular complexity index is 456. The van der Waals surface area contributed by atoms with Crippen molar-refractivity contribution in [3.8, 4) is 6.07 Å². The van der Waals surface area contributed by atoms with Gasteiger partial charge in [0.05, 0.1) is 5.56 Å². The van der Waals surface area contributed by atoms with Crippen molar-refractivity contribution < 1.29 is 13.6 Å². The summed E-state index contributed by atoms with van der Waals surface area (Å²) in [6, 6.07) is 2.35. The van der Waals surface area contributed by atoms with E-state index in [2.05, 4.69) is 4.98 Å². The number of rotatable bonds is 2. The van der Waals surface area contributed by atoms with Crippen molar-refractivity contribution in [2.45, 2.75) is 6.43 Å². The molecule has 0 aliphatic carbocycles. The third kappa shape index (κ3) is 2.19. The first-order chi connectivity index (χ1) is 6.97. The summed E-state index contributed by atoms with van der Waals surface area (Å²) in [5.74, 6) is -0.208. The lowest BCUT2D eigenvalue weighted by Gasteiger charge is -2.07. The number of carbonyl (C=O) groups is 1. The average molecular weight is 232 g/mol. The molecular weight excluding hydrogens is 228 g/mol. The Morgan fingerprint density at radius 3 is 2.67 bits per heavy atom. The smallest absolute Gasteiger partial charge is 0.267 e. The molecular formula is C8H4ClF2N3O. The van der Waals surface area contributed by atoms with Crippen molar-refractivity contribution in [1.29, 1.82) is 5.26 Å². The fourth-order valence-corrected chi connectivity index (χ4v) is 1.20. The molecule has 0 spiro atoms. The average Bonchev–Trinajstić information content (AvgIpc) is 2.15. The molecule has 1 heterocycles. The minimum Gasteiger partial charge on any atom is -0.384 e. The Balaban J connectivity index is 3.56. The minimum absolute atomic E-state index is 0.208. The normalized spacial score (nSPS) is 10.1. The Hall–Kier alpha value is -1.74. The third-order valence-electron chi connectivity index (χ3n) is 1.61. The van der Waals surface area contributed by atoms with Gasteiger partial charge in [-0.3, -0.25) is 4.79 Å². The first-order valence-corrected chi connectivity index (χ1v) is 4.03. The monoisotopic (exact) mass is 231 g/mol. The number of aromatic nitrogens is 1. The van der Waals surface area contributed by atoms with Gasteiger partial charge in [-0.05, 0) is 17.7 Å². The van der Waals surface area contributed by atoms with Gasteiger partial charge in [0.1, 0.15) is 11.9 Å². The van der Waals surface area contributed by atoms with Crippen molar-refractivity contribution >= 4 is 22.7 Å². The lowest BCUT2D eigenvalue weighted by molar-refractivity contribution is 0.106. The standard InChI is InChI=1S/C8H4ClF2N3O/c9-7(15)3-1-5(13)14-4(2-12)6(3)8(10)11/h1,8H,(H2,13,14). The Morgan fingerprint density at radius 2 is 2.27 bits per heavy atom. The topological polar surface area (TPSA) is 79.8 Å². The van der Waals surface area contributed by atoms with Crippen LogP contribution in [0.1, 0.15) is 28.0 Å². The van der Waals surface area contributed by atoms with Gasteiger partial charge >= 0.3 is 0 Å². The lowest BCUT2D eigenvalue weighted by atomic mass is 10.1. The number of pyridine rings is 1. The molecule has 15 heavy (non-hydrogen) atoms. The highest BCUT2D eigenvalue weighted by molar-refractivity contribution is 6.68.